The van der Waals surface area contributed by atoms with Crippen LogP contribution in [0.3, 0.4) is 0 Å². The Morgan fingerprint density at radius 2 is 1.48 bits per heavy atom. The van der Waals surface area contributed by atoms with Crippen molar-refractivity contribution in [1.29, 1.82) is 0 Å². The molecule has 3 aliphatic rings. The van der Waals surface area contributed by atoms with Crippen LogP contribution in [0.2, 0.25) is 0 Å². The number of benzene rings is 1. The van der Waals surface area contributed by atoms with Gasteiger partial charge in [-0.1, -0.05) is 12.1 Å². The van der Waals surface area contributed by atoms with Crippen molar-refractivity contribution in [3.63, 3.8) is 0 Å². The van der Waals surface area contributed by atoms with Crippen LogP contribution in [-0.4, -0.2) is 34.8 Å². The van der Waals surface area contributed by atoms with E-state index in [0.29, 0.717) is 30.8 Å². The smallest absolute Gasteiger partial charge is 0.229 e. The molecule has 0 aromatic heterocycles. The largest absolute Gasteiger partial charge is 0.311 e. The predicted octanol–water partition coefficient (Wildman–Crippen LogP) is 3.12. The highest BCUT2D eigenvalue weighted by atomic mass is 19.1. The second kappa shape index (κ2) is 6.87. The molecule has 1 heterocycles. The van der Waals surface area contributed by atoms with Gasteiger partial charge in [0.05, 0.1) is 0 Å². The van der Waals surface area contributed by atoms with Crippen molar-refractivity contribution in [2.75, 3.05) is 0 Å². The van der Waals surface area contributed by atoms with Gasteiger partial charge in [0.2, 0.25) is 11.8 Å². The molecular weight excluding hydrogens is 319 g/mol. The predicted molar refractivity (Wildman–Crippen MR) is 92.4 cm³/mol. The van der Waals surface area contributed by atoms with Crippen LogP contribution in [0.1, 0.15) is 62.8 Å². The first-order valence-corrected chi connectivity index (χ1v) is 9.46. The highest BCUT2D eigenvalue weighted by Crippen LogP contribution is 2.38. The zero-order valence-corrected chi connectivity index (χ0v) is 14.4. The van der Waals surface area contributed by atoms with Crippen molar-refractivity contribution in [2.24, 2.45) is 0 Å². The van der Waals surface area contributed by atoms with Crippen LogP contribution < -0.4 is 5.32 Å². The van der Waals surface area contributed by atoms with Gasteiger partial charge in [0.25, 0.3) is 0 Å². The topological polar surface area (TPSA) is 49.4 Å². The summed E-state index contributed by atoms with van der Waals surface area (Å²) >= 11 is 0. The van der Waals surface area contributed by atoms with E-state index in [1.165, 1.54) is 22.6 Å². The maximum atomic E-state index is 13.0. The third-order valence-corrected chi connectivity index (χ3v) is 6.10. The molecule has 25 heavy (non-hydrogen) atoms. The number of likely N-dealkylation sites (tertiary alicyclic amines) is 1. The van der Waals surface area contributed by atoms with Gasteiger partial charge in [-0.3, -0.25) is 14.5 Å². The summed E-state index contributed by atoms with van der Waals surface area (Å²) in [5.74, 6) is 0.392. The summed E-state index contributed by atoms with van der Waals surface area (Å²) in [5.41, 5.74) is 1.23. The van der Waals surface area contributed by atoms with E-state index < -0.39 is 0 Å². The number of nitrogens with one attached hydrogen (secondary N) is 1. The number of carbonyl (C=O) groups excluding carboxylic acids is 2. The molecule has 2 saturated carbocycles. The summed E-state index contributed by atoms with van der Waals surface area (Å²) in [6.45, 7) is 0. The molecule has 1 aromatic carbocycles. The van der Waals surface area contributed by atoms with Crippen molar-refractivity contribution < 1.29 is 14.0 Å². The van der Waals surface area contributed by atoms with Gasteiger partial charge in [0.15, 0.2) is 0 Å². The van der Waals surface area contributed by atoms with Gasteiger partial charge in [-0.2, -0.15) is 0 Å². The first kappa shape index (κ1) is 16.7. The van der Waals surface area contributed by atoms with Crippen LogP contribution in [-0.2, 0) is 9.59 Å². The van der Waals surface area contributed by atoms with Crippen LogP contribution >= 0.6 is 0 Å². The third kappa shape index (κ3) is 3.47. The number of halogens is 1. The van der Waals surface area contributed by atoms with Gasteiger partial charge >= 0.3 is 0 Å². The zero-order valence-electron chi connectivity index (χ0n) is 14.4. The van der Waals surface area contributed by atoms with E-state index in [0.717, 1.165) is 38.5 Å². The molecule has 1 aliphatic heterocycles. The number of carbonyl (C=O) groups is 2. The van der Waals surface area contributed by atoms with Crippen molar-refractivity contribution in [1.82, 2.24) is 10.2 Å². The average Bonchev–Trinajstić information content (AvgIpc) is 2.91. The first-order chi connectivity index (χ1) is 12.1. The molecule has 0 spiro atoms. The van der Waals surface area contributed by atoms with E-state index in [-0.39, 0.29) is 23.7 Å². The maximum absolute atomic E-state index is 13.0. The lowest BCUT2D eigenvalue weighted by molar-refractivity contribution is -0.141. The van der Waals surface area contributed by atoms with Crippen LogP contribution in [0, 0.1) is 5.82 Å². The summed E-state index contributed by atoms with van der Waals surface area (Å²) in [5, 5.41) is 3.74. The Hall–Kier alpha value is -1.75. The average molecular weight is 344 g/mol. The lowest BCUT2D eigenvalue weighted by atomic mass is 9.75. The number of nitrogens with zero attached hydrogens (tertiary/aromatic N) is 1. The van der Waals surface area contributed by atoms with Gasteiger partial charge in [-0.25, -0.2) is 4.39 Å². The van der Waals surface area contributed by atoms with Crippen LogP contribution in [0.25, 0.3) is 0 Å². The molecule has 2 amide bonds. The fourth-order valence-corrected chi connectivity index (χ4v) is 4.60. The van der Waals surface area contributed by atoms with Crippen LogP contribution in [0.15, 0.2) is 24.3 Å². The van der Waals surface area contributed by atoms with Gasteiger partial charge in [0, 0.05) is 31.0 Å². The lowest BCUT2D eigenvalue weighted by Crippen LogP contribution is -2.49. The van der Waals surface area contributed by atoms with Crippen molar-refractivity contribution >= 4 is 11.8 Å². The monoisotopic (exact) mass is 344 g/mol. The van der Waals surface area contributed by atoms with Crippen molar-refractivity contribution in [2.45, 2.75) is 75.4 Å². The van der Waals surface area contributed by atoms with Gasteiger partial charge in [-0.05, 0) is 62.1 Å². The van der Waals surface area contributed by atoms with E-state index in [1.54, 1.807) is 0 Å². The second-order valence-corrected chi connectivity index (χ2v) is 7.75. The van der Waals surface area contributed by atoms with Crippen molar-refractivity contribution in [3.05, 3.63) is 35.6 Å². The highest BCUT2D eigenvalue weighted by Gasteiger charge is 2.38. The summed E-state index contributed by atoms with van der Waals surface area (Å²) < 4.78 is 13.0. The van der Waals surface area contributed by atoms with E-state index in [2.05, 4.69) is 5.32 Å². The quantitative estimate of drug-likeness (QED) is 0.854. The Morgan fingerprint density at radius 3 is 2.08 bits per heavy atom. The number of hydrogen-bond donors (Lipinski definition) is 1. The molecule has 2 aliphatic carbocycles. The Labute approximate surface area is 147 Å². The number of rotatable bonds is 4. The maximum Gasteiger partial charge on any atom is 0.229 e. The Balaban J connectivity index is 1.22. The highest BCUT2D eigenvalue weighted by molar-refractivity contribution is 6.02. The Kier molecular flexibility index (Phi) is 4.59. The normalized spacial score (nSPS) is 32.8. The minimum Gasteiger partial charge on any atom is -0.311 e. The first-order valence-electron chi connectivity index (χ1n) is 9.46. The summed E-state index contributed by atoms with van der Waals surface area (Å²) in [7, 11) is 0. The minimum atomic E-state index is -0.176. The van der Waals surface area contributed by atoms with Crippen LogP contribution in [0.5, 0.6) is 0 Å². The van der Waals surface area contributed by atoms with Crippen LogP contribution in [0.4, 0.5) is 4.39 Å². The molecule has 1 N–H and O–H groups in total. The molecule has 1 saturated heterocycles. The standard InChI is InChI=1S/C20H25FN2O2/c21-15-3-1-13(2-4-15)14-11-17(12-14)22-16-5-7-18(8-6-16)23-19(24)9-10-20(23)25/h1-4,14,16-18,22H,5-12H2. The Bertz CT molecular complexity index is 630. The molecule has 134 valence electrons. The molecule has 5 heteroatoms. The van der Waals surface area contributed by atoms with E-state index >= 15 is 0 Å². The second-order valence-electron chi connectivity index (χ2n) is 7.75. The molecule has 0 radical (unpaired) electrons. The fourth-order valence-electron chi connectivity index (χ4n) is 4.60. The molecule has 0 unspecified atom stereocenters. The molecule has 4 nitrogen and oxygen atoms in total. The third-order valence-electron chi connectivity index (χ3n) is 6.10. The molecule has 3 fully saturated rings. The van der Waals surface area contributed by atoms with Gasteiger partial charge in [0.1, 0.15) is 5.82 Å². The summed E-state index contributed by atoms with van der Waals surface area (Å²) in [6.07, 6.45) is 6.89. The molecule has 0 atom stereocenters. The zero-order chi connectivity index (χ0) is 17.4. The molecule has 4 rings (SSSR count). The lowest BCUT2D eigenvalue weighted by Gasteiger charge is -2.41. The fraction of sp³-hybridized carbons (Fsp3) is 0.600. The molecule has 1 aromatic rings. The van der Waals surface area contributed by atoms with E-state index in [9.17, 15) is 14.0 Å². The van der Waals surface area contributed by atoms with Crippen molar-refractivity contribution in [3.8, 4) is 0 Å². The van der Waals surface area contributed by atoms with Gasteiger partial charge in [-0.15, -0.1) is 0 Å². The van der Waals surface area contributed by atoms with E-state index in [4.69, 9.17) is 0 Å². The number of hydrogen-bond acceptors (Lipinski definition) is 3. The molecular formula is C20H25FN2O2. The van der Waals surface area contributed by atoms with Gasteiger partial charge < -0.3 is 5.32 Å². The summed E-state index contributed by atoms with van der Waals surface area (Å²) in [6, 6.07) is 8.01. The summed E-state index contributed by atoms with van der Waals surface area (Å²) in [4.78, 5) is 25.2. The number of imide groups is 1. The SMILES string of the molecule is O=C1CCC(=O)N1C1CCC(NC2CC(c3ccc(F)cc3)C2)CC1. The van der Waals surface area contributed by atoms with E-state index in [1.807, 2.05) is 12.1 Å². The molecule has 0 bridgehead atoms. The number of amides is 2. The Morgan fingerprint density at radius 1 is 0.880 bits per heavy atom. The minimum absolute atomic E-state index is 0.0162.